The topological polar surface area (TPSA) is 103 Å². The number of H-pyrrole nitrogens is 1. The largest absolute Gasteiger partial charge is 0.482 e. The summed E-state index contributed by atoms with van der Waals surface area (Å²) >= 11 is 0. The Kier molecular flexibility index (Phi) is 7.45. The maximum atomic E-state index is 13.6. The van der Waals surface area contributed by atoms with Crippen molar-refractivity contribution in [2.75, 3.05) is 13.7 Å². The number of carbonyl (C=O) groups excluding carboxylic acids is 2. The van der Waals surface area contributed by atoms with Crippen molar-refractivity contribution in [3.8, 4) is 17.6 Å². The number of ether oxygens (including phenoxy) is 1. The maximum Gasteiger partial charge on any atom is 0.255 e. The van der Waals surface area contributed by atoms with E-state index in [0.717, 1.165) is 27.6 Å². The zero-order valence-electron chi connectivity index (χ0n) is 22.7. The highest BCUT2D eigenvalue weighted by molar-refractivity contribution is 5.99. The Hall–Kier alpha value is -4.80. The van der Waals surface area contributed by atoms with Gasteiger partial charge in [-0.2, -0.15) is 0 Å². The third-order valence-corrected chi connectivity index (χ3v) is 6.81. The monoisotopic (exact) mass is 533 g/mol. The lowest BCUT2D eigenvalue weighted by molar-refractivity contribution is 0.0903. The third-order valence-electron chi connectivity index (χ3n) is 6.81. The molecular weight excluding hydrogens is 502 g/mol. The minimum Gasteiger partial charge on any atom is -0.482 e. The van der Waals surface area contributed by atoms with Gasteiger partial charge in [-0.1, -0.05) is 36.1 Å². The molecule has 1 aliphatic heterocycles. The van der Waals surface area contributed by atoms with Crippen LogP contribution >= 0.6 is 0 Å². The summed E-state index contributed by atoms with van der Waals surface area (Å²) in [5.41, 5.74) is 4.48. The van der Waals surface area contributed by atoms with E-state index in [0.29, 0.717) is 28.9 Å². The molecule has 7 nitrogen and oxygen atoms in total. The first kappa shape index (κ1) is 26.8. The summed E-state index contributed by atoms with van der Waals surface area (Å²) in [5, 5.41) is 16.8. The lowest BCUT2D eigenvalue weighted by Crippen LogP contribution is -2.40. The Labute approximate surface area is 233 Å². The van der Waals surface area contributed by atoms with Crippen molar-refractivity contribution in [2.45, 2.75) is 31.9 Å². The predicted molar refractivity (Wildman–Crippen MR) is 156 cm³/mol. The average molecular weight is 534 g/mol. The molecule has 1 aromatic heterocycles. The SMILES string of the molecule is CNC(=O)c1ccc(C#Cc2cc3c(c(C(=O)N[C@@H](CO)Cc4c[nH]c5ccccc45)c2)OC(C)(C)C=C3)cc1. The van der Waals surface area contributed by atoms with Crippen LogP contribution in [-0.4, -0.2) is 47.2 Å². The molecule has 4 N–H and O–H groups in total. The van der Waals surface area contributed by atoms with Gasteiger partial charge in [0, 0.05) is 46.4 Å². The quantitative estimate of drug-likeness (QED) is 0.275. The molecule has 202 valence electrons. The molecule has 2 amide bonds. The zero-order chi connectivity index (χ0) is 28.3. The molecule has 4 aromatic rings. The van der Waals surface area contributed by atoms with Gasteiger partial charge in [0.2, 0.25) is 0 Å². The molecule has 0 aliphatic carbocycles. The van der Waals surface area contributed by atoms with E-state index >= 15 is 0 Å². The summed E-state index contributed by atoms with van der Waals surface area (Å²) in [6.45, 7) is 3.64. The van der Waals surface area contributed by atoms with E-state index in [-0.39, 0.29) is 18.4 Å². The molecular formula is C33H31N3O4. The summed E-state index contributed by atoms with van der Waals surface area (Å²) in [6, 6.07) is 18.1. The molecule has 0 radical (unpaired) electrons. The minimum atomic E-state index is -0.581. The van der Waals surface area contributed by atoms with E-state index in [1.165, 1.54) is 0 Å². The van der Waals surface area contributed by atoms with E-state index in [2.05, 4.69) is 27.5 Å². The fourth-order valence-corrected chi connectivity index (χ4v) is 4.70. The van der Waals surface area contributed by atoms with Crippen LogP contribution in [0.2, 0.25) is 0 Å². The summed E-state index contributed by atoms with van der Waals surface area (Å²) in [6.07, 6.45) is 6.26. The number of benzene rings is 3. The predicted octanol–water partition coefficient (Wildman–Crippen LogP) is 4.44. The molecule has 0 bridgehead atoms. The number of aliphatic hydroxyl groups is 1. The summed E-state index contributed by atoms with van der Waals surface area (Å²) in [5.74, 6) is 6.22. The van der Waals surface area contributed by atoms with Crippen molar-refractivity contribution in [2.24, 2.45) is 0 Å². The van der Waals surface area contributed by atoms with Crippen LogP contribution in [0.3, 0.4) is 0 Å². The number of nitrogens with one attached hydrogen (secondary N) is 3. The molecule has 7 heteroatoms. The van der Waals surface area contributed by atoms with Crippen LogP contribution in [-0.2, 0) is 6.42 Å². The number of fused-ring (bicyclic) bond motifs is 2. The number of hydrogen-bond donors (Lipinski definition) is 4. The standard InChI is InChI=1S/C33H31N3O4/c1-33(2)15-14-24-16-22(9-8-21-10-12-23(13-11-21)31(38)34-3)17-28(30(24)40-33)32(39)36-26(20-37)18-25-19-35-29-7-5-4-6-27(25)29/h4-7,10-17,19,26,35,37H,18,20H2,1-3H3,(H,34,38)(H,36,39)/t26-/m1/s1. The highest BCUT2D eigenvalue weighted by Gasteiger charge is 2.28. The highest BCUT2D eigenvalue weighted by atomic mass is 16.5. The molecule has 2 heterocycles. The van der Waals surface area contributed by atoms with Crippen molar-refractivity contribution >= 4 is 28.8 Å². The van der Waals surface area contributed by atoms with Gasteiger partial charge in [0.25, 0.3) is 11.8 Å². The number of aliphatic hydroxyl groups excluding tert-OH is 1. The average Bonchev–Trinajstić information content (AvgIpc) is 3.37. The van der Waals surface area contributed by atoms with Gasteiger partial charge in [-0.15, -0.1) is 0 Å². The summed E-state index contributed by atoms with van der Waals surface area (Å²) < 4.78 is 6.21. The molecule has 0 fully saturated rings. The van der Waals surface area contributed by atoms with Crippen LogP contribution in [0.4, 0.5) is 0 Å². The lowest BCUT2D eigenvalue weighted by atomic mass is 9.96. The number of amides is 2. The van der Waals surface area contributed by atoms with Crippen LogP contribution in [0.5, 0.6) is 5.75 Å². The first-order valence-corrected chi connectivity index (χ1v) is 13.1. The number of carbonyl (C=O) groups is 2. The van der Waals surface area contributed by atoms with Gasteiger partial charge in [-0.05, 0) is 74.4 Å². The summed E-state index contributed by atoms with van der Waals surface area (Å²) in [7, 11) is 1.59. The molecule has 0 spiro atoms. The first-order chi connectivity index (χ1) is 19.3. The molecule has 1 aliphatic rings. The number of rotatable bonds is 6. The van der Waals surface area contributed by atoms with Crippen molar-refractivity contribution in [1.82, 2.24) is 15.6 Å². The smallest absolute Gasteiger partial charge is 0.255 e. The van der Waals surface area contributed by atoms with Crippen LogP contribution in [0.15, 0.2) is 72.9 Å². The lowest BCUT2D eigenvalue weighted by Gasteiger charge is -2.29. The van der Waals surface area contributed by atoms with Crippen molar-refractivity contribution in [3.63, 3.8) is 0 Å². The Bertz CT molecular complexity index is 1670. The molecule has 40 heavy (non-hydrogen) atoms. The molecule has 5 rings (SSSR count). The van der Waals surface area contributed by atoms with Crippen LogP contribution < -0.4 is 15.4 Å². The zero-order valence-corrected chi connectivity index (χ0v) is 22.7. The molecule has 0 saturated carbocycles. The second-order valence-electron chi connectivity index (χ2n) is 10.3. The Morgan fingerprint density at radius 3 is 2.52 bits per heavy atom. The highest BCUT2D eigenvalue weighted by Crippen LogP contribution is 2.35. The second kappa shape index (κ2) is 11.1. The van der Waals surface area contributed by atoms with Crippen LogP contribution in [0.1, 0.15) is 56.8 Å². The summed E-state index contributed by atoms with van der Waals surface area (Å²) in [4.78, 5) is 28.7. The number of para-hydroxylation sites is 1. The van der Waals surface area contributed by atoms with Gasteiger partial charge in [-0.25, -0.2) is 0 Å². The van der Waals surface area contributed by atoms with E-state index < -0.39 is 11.6 Å². The molecule has 0 saturated heterocycles. The second-order valence-corrected chi connectivity index (χ2v) is 10.3. The van der Waals surface area contributed by atoms with Crippen LogP contribution in [0.25, 0.3) is 17.0 Å². The Morgan fingerprint density at radius 2 is 1.77 bits per heavy atom. The Balaban J connectivity index is 1.43. The number of aromatic nitrogens is 1. The maximum absolute atomic E-state index is 13.6. The van der Waals surface area contributed by atoms with Crippen molar-refractivity contribution in [3.05, 3.63) is 106 Å². The Morgan fingerprint density at radius 1 is 1.02 bits per heavy atom. The fraction of sp³-hybridized carbons (Fsp3) is 0.212. The third kappa shape index (κ3) is 5.78. The normalized spacial score (nSPS) is 13.9. The van der Waals surface area contributed by atoms with Crippen LogP contribution in [0, 0.1) is 11.8 Å². The minimum absolute atomic E-state index is 0.162. The van der Waals surface area contributed by atoms with Gasteiger partial charge in [0.1, 0.15) is 11.4 Å². The van der Waals surface area contributed by atoms with E-state index in [4.69, 9.17) is 4.74 Å². The first-order valence-electron chi connectivity index (χ1n) is 13.1. The number of aromatic amines is 1. The van der Waals surface area contributed by atoms with E-state index in [9.17, 15) is 14.7 Å². The molecule has 3 aromatic carbocycles. The molecule has 1 atom stereocenters. The van der Waals surface area contributed by atoms with Gasteiger partial charge in [-0.3, -0.25) is 9.59 Å². The van der Waals surface area contributed by atoms with Gasteiger partial charge in [0.05, 0.1) is 18.2 Å². The number of hydrogen-bond acceptors (Lipinski definition) is 4. The van der Waals surface area contributed by atoms with Gasteiger partial charge in [0.15, 0.2) is 0 Å². The van der Waals surface area contributed by atoms with Gasteiger partial charge < -0.3 is 25.5 Å². The van der Waals surface area contributed by atoms with Crippen molar-refractivity contribution in [1.29, 1.82) is 0 Å². The van der Waals surface area contributed by atoms with E-state index in [1.807, 2.05) is 62.5 Å². The van der Waals surface area contributed by atoms with Crippen molar-refractivity contribution < 1.29 is 19.4 Å². The molecule has 0 unspecified atom stereocenters. The fourth-order valence-electron chi connectivity index (χ4n) is 4.70. The van der Waals surface area contributed by atoms with Gasteiger partial charge >= 0.3 is 0 Å². The van der Waals surface area contributed by atoms with E-state index in [1.54, 1.807) is 37.4 Å².